The van der Waals surface area contributed by atoms with Crippen LogP contribution in [0.3, 0.4) is 0 Å². The highest BCUT2D eigenvalue weighted by Gasteiger charge is 1.87. The van der Waals surface area contributed by atoms with E-state index in [-0.39, 0.29) is 6.10 Å². The number of aryl methyl sites for hydroxylation is 1. The smallest absolute Gasteiger partial charge is 0.0745 e. The van der Waals surface area contributed by atoms with Crippen LogP contribution in [0.5, 0.6) is 0 Å². The molecule has 0 fully saturated rings. The van der Waals surface area contributed by atoms with Crippen LogP contribution in [0.25, 0.3) is 0 Å². The Labute approximate surface area is 80.2 Å². The van der Waals surface area contributed by atoms with Crippen molar-refractivity contribution >= 4 is 0 Å². The summed E-state index contributed by atoms with van der Waals surface area (Å²) >= 11 is 0. The molecule has 0 aliphatic rings. The largest absolute Gasteiger partial charge is 0.391 e. The van der Waals surface area contributed by atoms with Crippen LogP contribution < -0.4 is 0 Å². The number of aliphatic hydroxyl groups excluding tert-OH is 1. The monoisotopic (exact) mass is 182 g/mol. The predicted molar refractivity (Wildman–Crippen MR) is 54.7 cm³/mol. The van der Waals surface area contributed by atoms with Crippen LogP contribution in [-0.4, -0.2) is 24.9 Å². The Morgan fingerprint density at radius 3 is 2.00 bits per heavy atom. The molecule has 0 spiro atoms. The summed E-state index contributed by atoms with van der Waals surface area (Å²) in [4.78, 5) is 0. The van der Waals surface area contributed by atoms with Gasteiger partial charge < -0.3 is 9.84 Å². The number of rotatable bonds is 2. The lowest BCUT2D eigenvalue weighted by Crippen LogP contribution is -2.07. The summed E-state index contributed by atoms with van der Waals surface area (Å²) in [6, 6.07) is 10.3. The Balaban J connectivity index is 0.000000226. The van der Waals surface area contributed by atoms with E-state index in [0.29, 0.717) is 6.61 Å². The van der Waals surface area contributed by atoms with Gasteiger partial charge in [0.15, 0.2) is 0 Å². The van der Waals surface area contributed by atoms with Crippen molar-refractivity contribution in [2.75, 3.05) is 13.7 Å². The van der Waals surface area contributed by atoms with E-state index in [2.05, 4.69) is 23.8 Å². The van der Waals surface area contributed by atoms with Crippen molar-refractivity contribution in [3.63, 3.8) is 0 Å². The standard InChI is InChI=1S/C7H8.C4H10O2/c1-7-5-3-2-4-6-7;1-4(5)3-6-2/h2-6H,1H3;4-5H,3H2,1-2H3. The third-order valence-electron chi connectivity index (χ3n) is 1.35. The van der Waals surface area contributed by atoms with Crippen LogP contribution in [0, 0.1) is 6.92 Å². The third-order valence-corrected chi connectivity index (χ3v) is 1.35. The van der Waals surface area contributed by atoms with Crippen LogP contribution >= 0.6 is 0 Å². The Morgan fingerprint density at radius 1 is 1.31 bits per heavy atom. The second-order valence-corrected chi connectivity index (χ2v) is 2.96. The van der Waals surface area contributed by atoms with Crippen molar-refractivity contribution < 1.29 is 9.84 Å². The van der Waals surface area contributed by atoms with E-state index in [1.54, 1.807) is 14.0 Å². The zero-order valence-corrected chi connectivity index (χ0v) is 8.53. The number of aliphatic hydroxyl groups is 1. The van der Waals surface area contributed by atoms with E-state index in [4.69, 9.17) is 5.11 Å². The molecule has 0 aliphatic carbocycles. The molecule has 0 saturated heterocycles. The van der Waals surface area contributed by atoms with Gasteiger partial charge in [0.2, 0.25) is 0 Å². The summed E-state index contributed by atoms with van der Waals surface area (Å²) in [6.07, 6.45) is -0.324. The summed E-state index contributed by atoms with van der Waals surface area (Å²) in [5.74, 6) is 0. The Hall–Kier alpha value is -0.860. The Morgan fingerprint density at radius 2 is 1.85 bits per heavy atom. The van der Waals surface area contributed by atoms with Gasteiger partial charge >= 0.3 is 0 Å². The summed E-state index contributed by atoms with van der Waals surface area (Å²) in [6.45, 7) is 4.20. The fourth-order valence-electron chi connectivity index (χ4n) is 0.776. The molecule has 2 nitrogen and oxygen atoms in total. The van der Waals surface area contributed by atoms with Gasteiger partial charge in [-0.25, -0.2) is 0 Å². The molecule has 0 heterocycles. The first-order chi connectivity index (χ1) is 6.16. The first-order valence-corrected chi connectivity index (χ1v) is 4.35. The van der Waals surface area contributed by atoms with E-state index >= 15 is 0 Å². The molecule has 0 saturated carbocycles. The molecule has 1 aromatic rings. The molecule has 0 aliphatic heterocycles. The van der Waals surface area contributed by atoms with Gasteiger partial charge in [-0.1, -0.05) is 35.9 Å². The molecule has 1 N–H and O–H groups in total. The third kappa shape index (κ3) is 9.05. The molecular formula is C11H18O2. The number of ether oxygens (including phenoxy) is 1. The highest BCUT2D eigenvalue weighted by atomic mass is 16.5. The minimum atomic E-state index is -0.324. The zero-order valence-electron chi connectivity index (χ0n) is 8.53. The molecule has 0 radical (unpaired) electrons. The van der Waals surface area contributed by atoms with E-state index < -0.39 is 0 Å². The number of methoxy groups -OCH3 is 1. The quantitative estimate of drug-likeness (QED) is 0.758. The lowest BCUT2D eigenvalue weighted by molar-refractivity contribution is 0.0765. The molecular weight excluding hydrogens is 164 g/mol. The summed E-state index contributed by atoms with van der Waals surface area (Å²) in [5.41, 5.74) is 1.32. The van der Waals surface area contributed by atoms with Gasteiger partial charge in [0.1, 0.15) is 0 Å². The molecule has 74 valence electrons. The van der Waals surface area contributed by atoms with Gasteiger partial charge in [0.25, 0.3) is 0 Å². The van der Waals surface area contributed by atoms with Crippen LogP contribution in [-0.2, 0) is 4.74 Å². The molecule has 0 aromatic heterocycles. The van der Waals surface area contributed by atoms with E-state index in [0.717, 1.165) is 0 Å². The van der Waals surface area contributed by atoms with E-state index in [9.17, 15) is 0 Å². The molecule has 13 heavy (non-hydrogen) atoms. The lowest BCUT2D eigenvalue weighted by atomic mass is 10.2. The first kappa shape index (κ1) is 12.1. The second kappa shape index (κ2) is 7.77. The minimum Gasteiger partial charge on any atom is -0.391 e. The van der Waals surface area contributed by atoms with Crippen LogP contribution in [0.2, 0.25) is 0 Å². The second-order valence-electron chi connectivity index (χ2n) is 2.96. The van der Waals surface area contributed by atoms with Crippen LogP contribution in [0.1, 0.15) is 12.5 Å². The Bertz CT molecular complexity index is 195. The topological polar surface area (TPSA) is 29.5 Å². The molecule has 1 atom stereocenters. The fourth-order valence-corrected chi connectivity index (χ4v) is 0.776. The molecule has 1 rings (SSSR count). The van der Waals surface area contributed by atoms with Crippen molar-refractivity contribution in [2.45, 2.75) is 20.0 Å². The van der Waals surface area contributed by atoms with Gasteiger partial charge in [-0.15, -0.1) is 0 Å². The van der Waals surface area contributed by atoms with Gasteiger partial charge in [-0.3, -0.25) is 0 Å². The van der Waals surface area contributed by atoms with E-state index in [1.165, 1.54) is 5.56 Å². The molecule has 0 bridgehead atoms. The van der Waals surface area contributed by atoms with Crippen LogP contribution in [0.4, 0.5) is 0 Å². The SMILES string of the molecule is COCC(C)O.Cc1ccccc1. The van der Waals surface area contributed by atoms with Gasteiger partial charge in [0, 0.05) is 7.11 Å². The maximum Gasteiger partial charge on any atom is 0.0745 e. The first-order valence-electron chi connectivity index (χ1n) is 4.35. The maximum absolute atomic E-state index is 8.43. The number of hydrogen-bond donors (Lipinski definition) is 1. The zero-order chi connectivity index (χ0) is 10.1. The molecule has 1 aromatic carbocycles. The van der Waals surface area contributed by atoms with Crippen molar-refractivity contribution in [2.24, 2.45) is 0 Å². The predicted octanol–water partition coefficient (Wildman–Crippen LogP) is 2.01. The molecule has 2 heteroatoms. The highest BCUT2D eigenvalue weighted by molar-refractivity contribution is 5.11. The normalized spacial score (nSPS) is 11.4. The fraction of sp³-hybridized carbons (Fsp3) is 0.455. The van der Waals surface area contributed by atoms with Crippen molar-refractivity contribution in [3.8, 4) is 0 Å². The average molecular weight is 182 g/mol. The van der Waals surface area contributed by atoms with E-state index in [1.807, 2.05) is 18.2 Å². The van der Waals surface area contributed by atoms with Crippen molar-refractivity contribution in [1.29, 1.82) is 0 Å². The highest BCUT2D eigenvalue weighted by Crippen LogP contribution is 1.92. The maximum atomic E-state index is 8.43. The minimum absolute atomic E-state index is 0.324. The van der Waals surface area contributed by atoms with Gasteiger partial charge in [0.05, 0.1) is 12.7 Å². The Kier molecular flexibility index (Phi) is 7.26. The van der Waals surface area contributed by atoms with Gasteiger partial charge in [-0.2, -0.15) is 0 Å². The van der Waals surface area contributed by atoms with Crippen molar-refractivity contribution in [1.82, 2.24) is 0 Å². The summed E-state index contributed by atoms with van der Waals surface area (Å²) in [5, 5.41) is 8.43. The molecule has 0 amide bonds. The van der Waals surface area contributed by atoms with Crippen molar-refractivity contribution in [3.05, 3.63) is 35.9 Å². The number of benzene rings is 1. The summed E-state index contributed by atoms with van der Waals surface area (Å²) in [7, 11) is 1.56. The molecule has 1 unspecified atom stereocenters. The van der Waals surface area contributed by atoms with Gasteiger partial charge in [-0.05, 0) is 13.8 Å². The number of hydrogen-bond acceptors (Lipinski definition) is 2. The average Bonchev–Trinajstić information content (AvgIpc) is 2.06. The lowest BCUT2D eigenvalue weighted by Gasteiger charge is -1.97. The summed E-state index contributed by atoms with van der Waals surface area (Å²) < 4.78 is 4.55. The van der Waals surface area contributed by atoms with Crippen LogP contribution in [0.15, 0.2) is 30.3 Å².